The highest BCUT2D eigenvalue weighted by Gasteiger charge is 2.23. The lowest BCUT2D eigenvalue weighted by Gasteiger charge is -2.31. The Morgan fingerprint density at radius 1 is 1.39 bits per heavy atom. The minimum Gasteiger partial charge on any atom is -0.484 e. The number of carbonyl (C=O) groups excluding carboxylic acids is 1. The standard InChI is InChI=1S/C23H31ClN2O5/c1-15-20(30-14-25-15)13-29-19-7-5-16-11-26(10-9-18(16)22(19)24)12-17(27)6-8-21(28)31-23(2,3)4/h5,7,14,17,27H,6,8-13H2,1-4H3/t17-/m0/s1. The van der Waals surface area contributed by atoms with Crippen molar-refractivity contribution < 1.29 is 23.8 Å². The Morgan fingerprint density at radius 2 is 2.16 bits per heavy atom. The maximum Gasteiger partial charge on any atom is 0.306 e. The molecule has 3 rings (SSSR count). The van der Waals surface area contributed by atoms with E-state index >= 15 is 0 Å². The van der Waals surface area contributed by atoms with E-state index in [1.807, 2.05) is 39.8 Å². The fraction of sp³-hybridized carbons (Fsp3) is 0.565. The molecular formula is C23H31ClN2O5. The molecule has 0 amide bonds. The molecule has 1 aliphatic rings. The van der Waals surface area contributed by atoms with E-state index in [0.717, 1.165) is 29.8 Å². The van der Waals surface area contributed by atoms with Crippen molar-refractivity contribution in [1.82, 2.24) is 9.88 Å². The highest BCUT2D eigenvalue weighted by molar-refractivity contribution is 6.33. The minimum absolute atomic E-state index is 0.208. The molecule has 0 saturated heterocycles. The van der Waals surface area contributed by atoms with Gasteiger partial charge in [0.2, 0.25) is 0 Å². The van der Waals surface area contributed by atoms with Crippen LogP contribution in [-0.4, -0.2) is 45.8 Å². The van der Waals surface area contributed by atoms with E-state index in [9.17, 15) is 9.90 Å². The highest BCUT2D eigenvalue weighted by atomic mass is 35.5. The van der Waals surface area contributed by atoms with E-state index in [2.05, 4.69) is 9.88 Å². The zero-order valence-electron chi connectivity index (χ0n) is 18.6. The molecule has 0 radical (unpaired) electrons. The van der Waals surface area contributed by atoms with Crippen molar-refractivity contribution in [3.63, 3.8) is 0 Å². The molecule has 7 nitrogen and oxygen atoms in total. The molecule has 1 aromatic carbocycles. The number of oxazole rings is 1. The average molecular weight is 451 g/mol. The number of hydrogen-bond donors (Lipinski definition) is 1. The number of ether oxygens (including phenoxy) is 2. The number of halogens is 1. The molecule has 2 heterocycles. The SMILES string of the molecule is Cc1ncoc1COc1ccc2c(c1Cl)CCN(C[C@@H](O)CCC(=O)OC(C)(C)C)C2. The third-order valence-corrected chi connectivity index (χ3v) is 5.57. The van der Waals surface area contributed by atoms with Crippen LogP contribution < -0.4 is 4.74 Å². The Hall–Kier alpha value is -2.09. The molecule has 0 fully saturated rings. The van der Waals surface area contributed by atoms with E-state index in [0.29, 0.717) is 36.0 Å². The van der Waals surface area contributed by atoms with Crippen LogP contribution in [0, 0.1) is 6.92 Å². The summed E-state index contributed by atoms with van der Waals surface area (Å²) >= 11 is 6.61. The van der Waals surface area contributed by atoms with Gasteiger partial charge in [0.05, 0.1) is 16.8 Å². The van der Waals surface area contributed by atoms with Gasteiger partial charge in [-0.25, -0.2) is 4.98 Å². The lowest BCUT2D eigenvalue weighted by atomic mass is 9.98. The summed E-state index contributed by atoms with van der Waals surface area (Å²) in [5, 5.41) is 11.0. The monoisotopic (exact) mass is 450 g/mol. The Kier molecular flexibility index (Phi) is 7.62. The van der Waals surface area contributed by atoms with Gasteiger partial charge < -0.3 is 19.0 Å². The van der Waals surface area contributed by atoms with Gasteiger partial charge in [-0.3, -0.25) is 9.69 Å². The summed E-state index contributed by atoms with van der Waals surface area (Å²) in [6.07, 6.45) is 2.18. The van der Waals surface area contributed by atoms with Crippen LogP contribution in [0.1, 0.15) is 56.2 Å². The molecular weight excluding hydrogens is 420 g/mol. The number of hydrogen-bond acceptors (Lipinski definition) is 7. The number of carbonyl (C=O) groups is 1. The van der Waals surface area contributed by atoms with E-state index < -0.39 is 11.7 Å². The quantitative estimate of drug-likeness (QED) is 0.607. The number of fused-ring (bicyclic) bond motifs is 1. The van der Waals surface area contributed by atoms with E-state index in [4.69, 9.17) is 25.5 Å². The summed E-state index contributed by atoms with van der Waals surface area (Å²) in [7, 11) is 0. The number of β-amino-alcohol motifs (C(OH)–C–C–N with tert-alkyl or cyclic N) is 1. The van der Waals surface area contributed by atoms with Crippen LogP contribution in [0.15, 0.2) is 22.9 Å². The molecule has 170 valence electrons. The second-order valence-electron chi connectivity index (χ2n) is 8.93. The molecule has 1 aromatic heterocycles. The van der Waals surface area contributed by atoms with E-state index in [1.165, 1.54) is 6.39 Å². The van der Waals surface area contributed by atoms with Crippen molar-refractivity contribution >= 4 is 17.6 Å². The van der Waals surface area contributed by atoms with E-state index in [1.54, 1.807) is 0 Å². The normalized spacial score (nSPS) is 15.4. The van der Waals surface area contributed by atoms with Crippen LogP contribution in [0.2, 0.25) is 5.02 Å². The molecule has 1 N–H and O–H groups in total. The average Bonchev–Trinajstić information content (AvgIpc) is 3.09. The maximum atomic E-state index is 11.9. The first-order chi connectivity index (χ1) is 14.6. The summed E-state index contributed by atoms with van der Waals surface area (Å²) in [6, 6.07) is 3.89. The van der Waals surface area contributed by atoms with Gasteiger partial charge in [-0.2, -0.15) is 0 Å². The predicted octanol–water partition coefficient (Wildman–Crippen LogP) is 4.06. The van der Waals surface area contributed by atoms with Gasteiger partial charge in [0.1, 0.15) is 18.0 Å². The van der Waals surface area contributed by atoms with Gasteiger partial charge in [0.25, 0.3) is 0 Å². The Bertz CT molecular complexity index is 906. The number of aliphatic hydroxyl groups excluding tert-OH is 1. The molecule has 1 atom stereocenters. The number of nitrogens with zero attached hydrogens (tertiary/aromatic N) is 2. The number of aliphatic hydroxyl groups is 1. The first-order valence-electron chi connectivity index (χ1n) is 10.6. The Balaban J connectivity index is 1.52. The summed E-state index contributed by atoms with van der Waals surface area (Å²) in [4.78, 5) is 18.1. The molecule has 0 spiro atoms. The molecule has 0 saturated carbocycles. The summed E-state index contributed by atoms with van der Waals surface area (Å²) in [6.45, 7) is 9.63. The molecule has 0 unspecified atom stereocenters. The second kappa shape index (κ2) is 10.0. The van der Waals surface area contributed by atoms with Gasteiger partial charge in [0, 0.05) is 26.1 Å². The summed E-state index contributed by atoms with van der Waals surface area (Å²) in [5.41, 5.74) is 2.50. The Labute approximate surface area is 188 Å². The second-order valence-corrected chi connectivity index (χ2v) is 9.31. The number of aryl methyl sites for hydroxylation is 1. The van der Waals surface area contributed by atoms with Crippen molar-refractivity contribution in [2.75, 3.05) is 13.1 Å². The first kappa shape index (κ1) is 23.6. The lowest BCUT2D eigenvalue weighted by molar-refractivity contribution is -0.155. The van der Waals surface area contributed by atoms with Crippen LogP contribution in [0.3, 0.4) is 0 Å². The van der Waals surface area contributed by atoms with Crippen molar-refractivity contribution in [1.29, 1.82) is 0 Å². The van der Waals surface area contributed by atoms with Crippen molar-refractivity contribution in [3.8, 4) is 5.75 Å². The predicted molar refractivity (Wildman–Crippen MR) is 117 cm³/mol. The summed E-state index contributed by atoms with van der Waals surface area (Å²) in [5.74, 6) is 1.03. The fourth-order valence-electron chi connectivity index (χ4n) is 3.59. The van der Waals surface area contributed by atoms with Crippen molar-refractivity contribution in [2.24, 2.45) is 0 Å². The zero-order chi connectivity index (χ0) is 22.6. The number of benzene rings is 1. The van der Waals surface area contributed by atoms with Crippen LogP contribution in [0.25, 0.3) is 0 Å². The smallest absolute Gasteiger partial charge is 0.306 e. The minimum atomic E-state index is -0.586. The molecule has 31 heavy (non-hydrogen) atoms. The van der Waals surface area contributed by atoms with Crippen LogP contribution in [0.4, 0.5) is 0 Å². The molecule has 2 aromatic rings. The first-order valence-corrected chi connectivity index (χ1v) is 10.9. The third-order valence-electron chi connectivity index (χ3n) is 5.15. The number of aromatic nitrogens is 1. The fourth-order valence-corrected chi connectivity index (χ4v) is 3.92. The largest absolute Gasteiger partial charge is 0.484 e. The van der Waals surface area contributed by atoms with Crippen LogP contribution in [-0.2, 0) is 29.1 Å². The van der Waals surface area contributed by atoms with Gasteiger partial charge in [-0.05, 0) is 57.7 Å². The van der Waals surface area contributed by atoms with Crippen molar-refractivity contribution in [3.05, 3.63) is 46.1 Å². The maximum absolute atomic E-state index is 11.9. The van der Waals surface area contributed by atoms with Crippen molar-refractivity contribution in [2.45, 2.75) is 71.8 Å². The van der Waals surface area contributed by atoms with Gasteiger partial charge >= 0.3 is 5.97 Å². The highest BCUT2D eigenvalue weighted by Crippen LogP contribution is 2.34. The third kappa shape index (κ3) is 6.69. The van der Waals surface area contributed by atoms with Crippen LogP contribution in [0.5, 0.6) is 5.75 Å². The number of rotatable bonds is 8. The molecule has 8 heteroatoms. The Morgan fingerprint density at radius 3 is 2.84 bits per heavy atom. The molecule has 0 bridgehead atoms. The molecule has 1 aliphatic heterocycles. The van der Waals surface area contributed by atoms with Gasteiger partial charge in [-0.15, -0.1) is 0 Å². The van der Waals surface area contributed by atoms with Gasteiger partial charge in [-0.1, -0.05) is 17.7 Å². The zero-order valence-corrected chi connectivity index (χ0v) is 19.4. The van der Waals surface area contributed by atoms with Gasteiger partial charge in [0.15, 0.2) is 12.2 Å². The topological polar surface area (TPSA) is 85.0 Å². The van der Waals surface area contributed by atoms with E-state index in [-0.39, 0.29) is 19.0 Å². The van der Waals surface area contributed by atoms with Crippen LogP contribution >= 0.6 is 11.6 Å². The summed E-state index contributed by atoms with van der Waals surface area (Å²) < 4.78 is 16.5. The lowest BCUT2D eigenvalue weighted by Crippen LogP contribution is -2.37. The number of esters is 1. The molecule has 0 aliphatic carbocycles.